The van der Waals surface area contributed by atoms with Gasteiger partial charge in [-0.3, -0.25) is 19.7 Å². The summed E-state index contributed by atoms with van der Waals surface area (Å²) in [7, 11) is 0. The van der Waals surface area contributed by atoms with E-state index in [1.807, 2.05) is 19.9 Å². The Bertz CT molecular complexity index is 553. The van der Waals surface area contributed by atoms with Crippen molar-refractivity contribution in [3.63, 3.8) is 0 Å². The largest absolute Gasteiger partial charge is 0.320 e. The van der Waals surface area contributed by atoms with Crippen molar-refractivity contribution in [3.8, 4) is 0 Å². The van der Waals surface area contributed by atoms with Gasteiger partial charge >= 0.3 is 0 Å². The Kier molecular flexibility index (Phi) is 2.42. The molecule has 5 heteroatoms. The molecule has 3 heterocycles. The summed E-state index contributed by atoms with van der Waals surface area (Å²) in [6.07, 6.45) is 4.56. The lowest BCUT2D eigenvalue weighted by molar-refractivity contribution is -0.167. The van der Waals surface area contributed by atoms with Gasteiger partial charge in [0.2, 0.25) is 5.91 Å². The van der Waals surface area contributed by atoms with Crippen LogP contribution in [0.4, 0.5) is 0 Å². The number of carbonyl (C=O) groups is 3. The number of carbonyl (C=O) groups excluding carboxylic acids is 3. The number of nitrogens with one attached hydrogen (secondary N) is 1. The number of rotatable bonds is 2. The van der Waals surface area contributed by atoms with Crippen LogP contribution in [0, 0.1) is 5.92 Å². The van der Waals surface area contributed by atoms with Crippen LogP contribution in [0.15, 0.2) is 23.3 Å². The van der Waals surface area contributed by atoms with E-state index in [1.54, 1.807) is 11.0 Å². The maximum Gasteiger partial charge on any atom is 0.255 e. The van der Waals surface area contributed by atoms with Crippen molar-refractivity contribution >= 4 is 17.7 Å². The first kappa shape index (κ1) is 12.1. The van der Waals surface area contributed by atoms with Gasteiger partial charge in [-0.05, 0) is 32.3 Å². The molecule has 19 heavy (non-hydrogen) atoms. The minimum absolute atomic E-state index is 0.0986. The minimum Gasteiger partial charge on any atom is -0.320 e. The van der Waals surface area contributed by atoms with Crippen LogP contribution in [0.2, 0.25) is 0 Å². The fraction of sp³-hybridized carbons (Fsp3) is 0.500. The van der Waals surface area contributed by atoms with E-state index in [0.29, 0.717) is 25.0 Å². The highest BCUT2D eigenvalue weighted by molar-refractivity contribution is 6.11. The molecule has 4 rings (SSSR count). The Hall–Kier alpha value is -1.91. The summed E-state index contributed by atoms with van der Waals surface area (Å²) in [5.41, 5.74) is 0.857. The normalized spacial score (nSPS) is 34.1. The number of piperidine rings is 2. The Morgan fingerprint density at radius 1 is 1.32 bits per heavy atom. The van der Waals surface area contributed by atoms with Gasteiger partial charge in [0.15, 0.2) is 0 Å². The summed E-state index contributed by atoms with van der Waals surface area (Å²) in [5, 5.41) is 2.37. The molecule has 0 aromatic rings. The fourth-order valence-electron chi connectivity index (χ4n) is 3.25. The quantitative estimate of drug-likeness (QED) is 0.736. The van der Waals surface area contributed by atoms with E-state index in [9.17, 15) is 14.4 Å². The molecule has 0 spiro atoms. The lowest BCUT2D eigenvalue weighted by atomic mass is 9.63. The third-order valence-electron chi connectivity index (χ3n) is 4.38. The van der Waals surface area contributed by atoms with Gasteiger partial charge in [-0.2, -0.15) is 0 Å². The van der Waals surface area contributed by atoms with Crippen molar-refractivity contribution in [1.29, 1.82) is 0 Å². The lowest BCUT2D eigenvalue weighted by Gasteiger charge is -2.54. The molecule has 0 aromatic carbocycles. The highest BCUT2D eigenvalue weighted by atomic mass is 16.2. The minimum atomic E-state index is -0.791. The molecule has 0 unspecified atom stereocenters. The van der Waals surface area contributed by atoms with E-state index in [-0.39, 0.29) is 23.6 Å². The summed E-state index contributed by atoms with van der Waals surface area (Å²) >= 11 is 0. The number of hydrogen-bond acceptors (Lipinski definition) is 3. The van der Waals surface area contributed by atoms with E-state index in [4.69, 9.17) is 0 Å². The van der Waals surface area contributed by atoms with Crippen molar-refractivity contribution in [2.24, 2.45) is 5.92 Å². The maximum absolute atomic E-state index is 12.4. The second-order valence-electron chi connectivity index (χ2n) is 5.54. The third kappa shape index (κ3) is 1.44. The van der Waals surface area contributed by atoms with E-state index < -0.39 is 5.54 Å². The zero-order valence-corrected chi connectivity index (χ0v) is 11.0. The molecule has 0 radical (unpaired) electrons. The number of fused-ring (bicyclic) bond motifs is 2. The highest BCUT2D eigenvalue weighted by Crippen LogP contribution is 2.48. The Labute approximate surface area is 111 Å². The first-order chi connectivity index (χ1) is 8.99. The van der Waals surface area contributed by atoms with E-state index in [1.165, 1.54) is 0 Å². The van der Waals surface area contributed by atoms with Crippen LogP contribution in [-0.2, 0) is 14.4 Å². The topological polar surface area (TPSA) is 66.5 Å². The molecular formula is C14H16N2O3. The van der Waals surface area contributed by atoms with Gasteiger partial charge in [-0.1, -0.05) is 12.2 Å². The average Bonchev–Trinajstić information content (AvgIpc) is 2.56. The molecule has 3 fully saturated rings. The number of amides is 3. The first-order valence-electron chi connectivity index (χ1n) is 6.49. The first-order valence-corrected chi connectivity index (χ1v) is 6.49. The molecular weight excluding hydrogens is 244 g/mol. The number of hydrogen-bond donors (Lipinski definition) is 1. The van der Waals surface area contributed by atoms with Crippen LogP contribution >= 0.6 is 0 Å². The number of allylic oxidation sites excluding steroid dienone is 1. The summed E-state index contributed by atoms with van der Waals surface area (Å²) in [6, 6.07) is 0. The van der Waals surface area contributed by atoms with Gasteiger partial charge < -0.3 is 4.90 Å². The average molecular weight is 260 g/mol. The van der Waals surface area contributed by atoms with Gasteiger partial charge in [-0.15, -0.1) is 0 Å². The van der Waals surface area contributed by atoms with Crippen LogP contribution in [-0.4, -0.2) is 34.7 Å². The predicted octanol–water partition coefficient (Wildman–Crippen LogP) is 0.526. The molecule has 100 valence electrons. The van der Waals surface area contributed by atoms with Crippen LogP contribution in [0.1, 0.15) is 26.7 Å². The van der Waals surface area contributed by atoms with Crippen LogP contribution < -0.4 is 5.32 Å². The number of imide groups is 1. The van der Waals surface area contributed by atoms with Crippen LogP contribution in [0.5, 0.6) is 0 Å². The van der Waals surface area contributed by atoms with Gasteiger partial charge in [0, 0.05) is 18.0 Å². The molecule has 0 aromatic heterocycles. The second-order valence-corrected chi connectivity index (χ2v) is 5.54. The van der Waals surface area contributed by atoms with E-state index >= 15 is 0 Å². The van der Waals surface area contributed by atoms with Gasteiger partial charge in [0.25, 0.3) is 11.8 Å². The standard InChI is InChI=1S/C14H16N2O3/c1-3-4-10-8(2)7-16(12(10)18)14-5-9(6-14)11(17)15-13(14)19/h3-4,9H,5-7H2,1-2H3,(H,15,17,19)/b4-3-. The summed E-state index contributed by atoms with van der Waals surface area (Å²) in [6.45, 7) is 4.25. The van der Waals surface area contributed by atoms with Crippen molar-refractivity contribution in [2.45, 2.75) is 32.2 Å². The lowest BCUT2D eigenvalue weighted by Crippen LogP contribution is -2.73. The molecule has 1 N–H and O–H groups in total. The smallest absolute Gasteiger partial charge is 0.255 e. The zero-order chi connectivity index (χ0) is 13.8. The fourth-order valence-corrected chi connectivity index (χ4v) is 3.25. The van der Waals surface area contributed by atoms with Crippen LogP contribution in [0.25, 0.3) is 0 Å². The van der Waals surface area contributed by atoms with Crippen molar-refractivity contribution < 1.29 is 14.4 Å². The molecule has 1 aliphatic carbocycles. The van der Waals surface area contributed by atoms with Crippen molar-refractivity contribution in [2.75, 3.05) is 6.54 Å². The van der Waals surface area contributed by atoms with E-state index in [2.05, 4.69) is 5.32 Å². The van der Waals surface area contributed by atoms with Gasteiger partial charge in [0.05, 0.1) is 0 Å². The second kappa shape index (κ2) is 3.79. The molecule has 3 amide bonds. The zero-order valence-electron chi connectivity index (χ0n) is 11.0. The predicted molar refractivity (Wildman–Crippen MR) is 67.8 cm³/mol. The maximum atomic E-state index is 12.4. The summed E-state index contributed by atoms with van der Waals surface area (Å²) < 4.78 is 0. The monoisotopic (exact) mass is 260 g/mol. The molecule has 5 nitrogen and oxygen atoms in total. The Morgan fingerprint density at radius 2 is 2.00 bits per heavy atom. The molecule has 1 saturated carbocycles. The molecule has 3 aliphatic heterocycles. The molecule has 2 bridgehead atoms. The molecule has 2 saturated heterocycles. The van der Waals surface area contributed by atoms with Crippen LogP contribution in [0.3, 0.4) is 0 Å². The molecule has 0 atom stereocenters. The Balaban J connectivity index is 1.89. The van der Waals surface area contributed by atoms with Gasteiger partial charge in [-0.25, -0.2) is 0 Å². The number of nitrogens with zero attached hydrogens (tertiary/aromatic N) is 1. The summed E-state index contributed by atoms with van der Waals surface area (Å²) in [4.78, 5) is 37.6. The SMILES string of the molecule is C/C=C\C1=C(C)CN(C23CC(C2)C(=O)NC3=O)C1=O. The van der Waals surface area contributed by atoms with Crippen molar-refractivity contribution in [3.05, 3.63) is 23.3 Å². The third-order valence-corrected chi connectivity index (χ3v) is 4.38. The Morgan fingerprint density at radius 3 is 2.58 bits per heavy atom. The van der Waals surface area contributed by atoms with Gasteiger partial charge in [0.1, 0.15) is 5.54 Å². The van der Waals surface area contributed by atoms with Crippen molar-refractivity contribution in [1.82, 2.24) is 10.2 Å². The molecule has 4 aliphatic rings. The highest BCUT2D eigenvalue weighted by Gasteiger charge is 2.62. The van der Waals surface area contributed by atoms with E-state index in [0.717, 1.165) is 5.57 Å². The summed E-state index contributed by atoms with van der Waals surface area (Å²) in [5.74, 6) is -0.727.